The molecule has 4 aromatic rings. The normalized spacial score (nSPS) is 23.4. The highest BCUT2D eigenvalue weighted by Crippen LogP contribution is 2.51. The molecule has 0 radical (unpaired) electrons. The molecule has 7 rings (SSSR count). The van der Waals surface area contributed by atoms with Crippen LogP contribution in [0.25, 0.3) is 11.1 Å². The maximum Gasteiger partial charge on any atom is 0.201 e. The minimum atomic E-state index is -1.61. The minimum Gasteiger partial charge on any atom is -0.507 e. The third-order valence-electron chi connectivity index (χ3n) is 9.24. The highest BCUT2D eigenvalue weighted by molar-refractivity contribution is 6.32. The molecular weight excluding hydrogens is 596 g/mol. The molecule has 11 heteroatoms. The van der Waals surface area contributed by atoms with Gasteiger partial charge in [0.25, 0.3) is 0 Å². The molecule has 11 nitrogen and oxygen atoms in total. The number of benzene rings is 4. The van der Waals surface area contributed by atoms with Gasteiger partial charge in [-0.15, -0.1) is 0 Å². The van der Waals surface area contributed by atoms with E-state index in [1.807, 2.05) is 0 Å². The SMILES string of the molecule is Cc1cc(O)c2c(c1)[C@@H]([C@@H]1OC[C@H](O)[C@H](O)[C@H]1O)c1ccc(-c3c(C)cc(O)c4c3C(=O)c3cccc(O)c3C4=O)c(O)c1C2=O. The number of phenolic OH excluding ortho intramolecular Hbond substituents is 4. The number of ether oxygens (including phenoxy) is 1. The number of aromatic hydroxyl groups is 4. The van der Waals surface area contributed by atoms with Gasteiger partial charge in [-0.2, -0.15) is 0 Å². The molecule has 1 heterocycles. The maximum absolute atomic E-state index is 14.1. The molecule has 0 amide bonds. The number of aliphatic hydroxyl groups is 3. The molecule has 0 unspecified atom stereocenters. The van der Waals surface area contributed by atoms with Gasteiger partial charge in [0.2, 0.25) is 11.6 Å². The summed E-state index contributed by atoms with van der Waals surface area (Å²) >= 11 is 0. The van der Waals surface area contributed by atoms with Crippen LogP contribution in [-0.2, 0) is 4.74 Å². The van der Waals surface area contributed by atoms with E-state index in [1.54, 1.807) is 19.9 Å². The Morgan fingerprint density at radius 2 is 1.33 bits per heavy atom. The first-order valence-electron chi connectivity index (χ1n) is 14.5. The number of carbonyl (C=O) groups is 3. The smallest absolute Gasteiger partial charge is 0.201 e. The molecule has 0 saturated carbocycles. The topological polar surface area (TPSA) is 202 Å². The Labute approximate surface area is 261 Å². The molecule has 0 spiro atoms. The van der Waals surface area contributed by atoms with E-state index in [2.05, 4.69) is 0 Å². The van der Waals surface area contributed by atoms with Crippen molar-refractivity contribution in [2.45, 2.75) is 44.2 Å². The zero-order valence-corrected chi connectivity index (χ0v) is 24.5. The lowest BCUT2D eigenvalue weighted by molar-refractivity contribution is -0.190. The third-order valence-corrected chi connectivity index (χ3v) is 9.24. The molecule has 2 aliphatic carbocycles. The number of carbonyl (C=O) groups excluding carboxylic acids is 3. The van der Waals surface area contributed by atoms with Crippen LogP contribution in [0.3, 0.4) is 0 Å². The number of phenols is 4. The quantitative estimate of drug-likeness (QED) is 0.152. The van der Waals surface area contributed by atoms with E-state index < -0.39 is 64.9 Å². The van der Waals surface area contributed by atoms with E-state index >= 15 is 0 Å². The summed E-state index contributed by atoms with van der Waals surface area (Å²) in [5.74, 6) is -5.17. The van der Waals surface area contributed by atoms with Crippen molar-refractivity contribution in [3.05, 3.63) is 104 Å². The van der Waals surface area contributed by atoms with Crippen LogP contribution in [0.1, 0.15) is 75.9 Å². The zero-order valence-electron chi connectivity index (χ0n) is 24.5. The molecular formula is C35H28O11. The van der Waals surface area contributed by atoms with Gasteiger partial charge in [0.05, 0.1) is 35.0 Å². The van der Waals surface area contributed by atoms with Gasteiger partial charge in [-0.05, 0) is 54.3 Å². The Kier molecular flexibility index (Phi) is 6.59. The number of rotatable bonds is 2. The number of hydrogen-bond acceptors (Lipinski definition) is 11. The van der Waals surface area contributed by atoms with Crippen molar-refractivity contribution in [1.29, 1.82) is 0 Å². The predicted molar refractivity (Wildman–Crippen MR) is 161 cm³/mol. The Morgan fingerprint density at radius 1 is 0.630 bits per heavy atom. The second-order valence-electron chi connectivity index (χ2n) is 12.0. The number of aliphatic hydroxyl groups excluding tert-OH is 3. The van der Waals surface area contributed by atoms with Crippen molar-refractivity contribution in [3.63, 3.8) is 0 Å². The monoisotopic (exact) mass is 624 g/mol. The van der Waals surface area contributed by atoms with Crippen molar-refractivity contribution in [1.82, 2.24) is 0 Å². The van der Waals surface area contributed by atoms with Crippen molar-refractivity contribution >= 4 is 17.3 Å². The first-order valence-corrected chi connectivity index (χ1v) is 14.5. The van der Waals surface area contributed by atoms with E-state index in [1.165, 1.54) is 42.5 Å². The lowest BCUT2D eigenvalue weighted by atomic mass is 9.70. The van der Waals surface area contributed by atoms with Gasteiger partial charge >= 0.3 is 0 Å². The van der Waals surface area contributed by atoms with E-state index in [-0.39, 0.29) is 73.6 Å². The van der Waals surface area contributed by atoms with Crippen LogP contribution in [0, 0.1) is 13.8 Å². The van der Waals surface area contributed by atoms with Crippen LogP contribution >= 0.6 is 0 Å². The van der Waals surface area contributed by atoms with E-state index in [4.69, 9.17) is 4.74 Å². The summed E-state index contributed by atoms with van der Waals surface area (Å²) in [4.78, 5) is 41.6. The van der Waals surface area contributed by atoms with Crippen LogP contribution in [-0.4, -0.2) is 84.1 Å². The number of hydrogen-bond donors (Lipinski definition) is 7. The molecule has 1 fully saturated rings. The number of ketones is 3. The summed E-state index contributed by atoms with van der Waals surface area (Å²) in [6.45, 7) is 2.92. The van der Waals surface area contributed by atoms with Crippen molar-refractivity contribution in [2.75, 3.05) is 6.61 Å². The fraction of sp³-hybridized carbons (Fsp3) is 0.229. The van der Waals surface area contributed by atoms with Gasteiger partial charge in [-0.3, -0.25) is 14.4 Å². The van der Waals surface area contributed by atoms with Crippen molar-refractivity contribution < 1.29 is 54.9 Å². The number of aryl methyl sites for hydroxylation is 2. The first-order chi connectivity index (χ1) is 21.8. The summed E-state index contributed by atoms with van der Waals surface area (Å²) in [5.41, 5.74) is 0.00736. The summed E-state index contributed by atoms with van der Waals surface area (Å²) in [6.07, 6.45) is -5.76. The molecule has 4 aromatic carbocycles. The predicted octanol–water partition coefficient (Wildman–Crippen LogP) is 2.73. The zero-order chi connectivity index (χ0) is 32.9. The Hall–Kier alpha value is -5.07. The van der Waals surface area contributed by atoms with Crippen molar-refractivity contribution in [3.8, 4) is 34.1 Å². The van der Waals surface area contributed by atoms with Gasteiger partial charge < -0.3 is 40.5 Å². The Bertz CT molecular complexity index is 2050. The van der Waals surface area contributed by atoms with Crippen LogP contribution in [0.15, 0.2) is 48.5 Å². The lowest BCUT2D eigenvalue weighted by Gasteiger charge is -2.42. The maximum atomic E-state index is 14.1. The Balaban J connectivity index is 1.49. The van der Waals surface area contributed by atoms with E-state index in [9.17, 15) is 50.1 Å². The lowest BCUT2D eigenvalue weighted by Crippen LogP contribution is -2.55. The summed E-state index contributed by atoms with van der Waals surface area (Å²) in [6, 6.07) is 11.2. The second-order valence-corrected chi connectivity index (χ2v) is 12.0. The van der Waals surface area contributed by atoms with Gasteiger partial charge in [0.1, 0.15) is 41.3 Å². The standard InChI is InChI=1S/C35H28O11/c1-12-8-17-23(35-34(45)31(42)21(39)11-46-35)14-6-7-16(29(40)26(14)32(43)25(17)19(37)9-12)22-13(2)10-20(38)27-28(22)30(41)15-4-3-5-18(36)24(15)33(27)44/h3-10,21,23,31,34-40,42,45H,11H2,1-2H3/t21-,23-,31-,34+,35-/m0/s1. The summed E-state index contributed by atoms with van der Waals surface area (Å²) in [7, 11) is 0. The van der Waals surface area contributed by atoms with Gasteiger partial charge in [-0.25, -0.2) is 0 Å². The van der Waals surface area contributed by atoms with E-state index in [0.29, 0.717) is 5.56 Å². The van der Waals surface area contributed by atoms with E-state index in [0.717, 1.165) is 0 Å². The molecule has 1 aliphatic heterocycles. The minimum absolute atomic E-state index is 0.0278. The summed E-state index contributed by atoms with van der Waals surface area (Å²) in [5, 5.41) is 75.7. The number of fused-ring (bicyclic) bond motifs is 4. The molecule has 0 bridgehead atoms. The molecule has 5 atom stereocenters. The highest BCUT2D eigenvalue weighted by atomic mass is 16.5. The average Bonchev–Trinajstić information content (AvgIpc) is 2.99. The van der Waals surface area contributed by atoms with Crippen molar-refractivity contribution in [2.24, 2.45) is 0 Å². The fourth-order valence-electron chi connectivity index (χ4n) is 7.19. The molecule has 234 valence electrons. The largest absolute Gasteiger partial charge is 0.507 e. The van der Waals surface area contributed by atoms with Gasteiger partial charge in [-0.1, -0.05) is 30.3 Å². The fourth-order valence-corrected chi connectivity index (χ4v) is 7.19. The average molecular weight is 625 g/mol. The van der Waals surface area contributed by atoms with Gasteiger partial charge in [0.15, 0.2) is 5.78 Å². The summed E-state index contributed by atoms with van der Waals surface area (Å²) < 4.78 is 5.81. The second kappa shape index (κ2) is 10.2. The highest BCUT2D eigenvalue weighted by Gasteiger charge is 2.48. The molecule has 0 aromatic heterocycles. The van der Waals surface area contributed by atoms with Crippen LogP contribution < -0.4 is 0 Å². The van der Waals surface area contributed by atoms with Crippen LogP contribution in [0.4, 0.5) is 0 Å². The molecule has 3 aliphatic rings. The molecule has 1 saturated heterocycles. The Morgan fingerprint density at radius 3 is 2.07 bits per heavy atom. The molecule has 46 heavy (non-hydrogen) atoms. The van der Waals surface area contributed by atoms with Crippen LogP contribution in [0.5, 0.6) is 23.0 Å². The van der Waals surface area contributed by atoms with Crippen LogP contribution in [0.2, 0.25) is 0 Å². The first kappa shape index (κ1) is 29.6. The molecule has 7 N–H and O–H groups in total. The van der Waals surface area contributed by atoms with Gasteiger partial charge in [0, 0.05) is 28.2 Å². The third kappa shape index (κ3) is 3.96.